The minimum absolute atomic E-state index is 0.00539. The highest BCUT2D eigenvalue weighted by molar-refractivity contribution is 7.98. The van der Waals surface area contributed by atoms with Crippen LogP contribution in [0.2, 0.25) is 0 Å². The van der Waals surface area contributed by atoms with Crippen molar-refractivity contribution in [1.82, 2.24) is 5.32 Å². The topological polar surface area (TPSA) is 72.2 Å². The number of carbonyl (C=O) groups is 1. The summed E-state index contributed by atoms with van der Waals surface area (Å²) in [5.41, 5.74) is 4.41. The lowest BCUT2D eigenvalue weighted by Crippen LogP contribution is -2.26. The highest BCUT2D eigenvalue weighted by Crippen LogP contribution is 2.21. The number of non-ortho nitro benzene ring substituents is 1. The van der Waals surface area contributed by atoms with Gasteiger partial charge in [-0.15, -0.1) is 0 Å². The van der Waals surface area contributed by atoms with Crippen molar-refractivity contribution in [3.05, 3.63) is 111 Å². The molecule has 0 aliphatic carbocycles. The van der Waals surface area contributed by atoms with E-state index in [9.17, 15) is 14.9 Å². The summed E-state index contributed by atoms with van der Waals surface area (Å²) < 4.78 is 0. The Morgan fingerprint density at radius 2 is 1.77 bits per heavy atom. The SMILES string of the molecule is Cc1ccccc1CSCCNC(=O)/C(=C/c1cccc([N+](=O)[O-])c1)c1ccccc1. The maximum atomic E-state index is 12.9. The number of nitrogens with one attached hydrogen (secondary N) is 1. The van der Waals surface area contributed by atoms with Crippen LogP contribution in [0.15, 0.2) is 78.9 Å². The van der Waals surface area contributed by atoms with Gasteiger partial charge in [0.15, 0.2) is 0 Å². The van der Waals surface area contributed by atoms with Crippen LogP contribution in [-0.4, -0.2) is 23.1 Å². The highest BCUT2D eigenvalue weighted by Gasteiger charge is 2.13. The first-order chi connectivity index (χ1) is 15.0. The molecule has 0 unspecified atom stereocenters. The fourth-order valence-corrected chi connectivity index (χ4v) is 4.01. The molecule has 0 fully saturated rings. The molecule has 0 aliphatic heterocycles. The van der Waals surface area contributed by atoms with E-state index in [4.69, 9.17) is 0 Å². The zero-order chi connectivity index (χ0) is 22.1. The van der Waals surface area contributed by atoms with Crippen LogP contribution in [0, 0.1) is 17.0 Å². The number of hydrogen-bond acceptors (Lipinski definition) is 4. The van der Waals surface area contributed by atoms with E-state index < -0.39 is 4.92 Å². The van der Waals surface area contributed by atoms with Gasteiger partial charge in [0, 0.05) is 35.8 Å². The summed E-state index contributed by atoms with van der Waals surface area (Å²) in [7, 11) is 0. The second-order valence-corrected chi connectivity index (χ2v) is 8.12. The number of hydrogen-bond donors (Lipinski definition) is 1. The Morgan fingerprint density at radius 3 is 2.52 bits per heavy atom. The minimum Gasteiger partial charge on any atom is -0.351 e. The number of amides is 1. The number of rotatable bonds is 9. The molecule has 0 heterocycles. The summed E-state index contributed by atoms with van der Waals surface area (Å²) in [4.78, 5) is 23.6. The summed E-state index contributed by atoms with van der Waals surface area (Å²) in [5, 5.41) is 14.1. The quantitative estimate of drug-likeness (QED) is 0.159. The fraction of sp³-hybridized carbons (Fsp3) is 0.160. The number of thioether (sulfide) groups is 1. The average Bonchev–Trinajstić information content (AvgIpc) is 2.79. The van der Waals surface area contributed by atoms with E-state index in [1.807, 2.05) is 42.5 Å². The molecule has 6 heteroatoms. The van der Waals surface area contributed by atoms with E-state index in [-0.39, 0.29) is 11.6 Å². The van der Waals surface area contributed by atoms with Gasteiger partial charge in [-0.3, -0.25) is 14.9 Å². The third-order valence-corrected chi connectivity index (χ3v) is 5.78. The van der Waals surface area contributed by atoms with Crippen LogP contribution >= 0.6 is 11.8 Å². The molecule has 31 heavy (non-hydrogen) atoms. The van der Waals surface area contributed by atoms with Gasteiger partial charge < -0.3 is 5.32 Å². The van der Waals surface area contributed by atoms with Crippen molar-refractivity contribution >= 4 is 35.0 Å². The van der Waals surface area contributed by atoms with Crippen LogP contribution in [0.5, 0.6) is 0 Å². The van der Waals surface area contributed by atoms with Crippen molar-refractivity contribution < 1.29 is 9.72 Å². The highest BCUT2D eigenvalue weighted by atomic mass is 32.2. The Labute approximate surface area is 186 Å². The first kappa shape index (κ1) is 22.3. The lowest BCUT2D eigenvalue weighted by molar-refractivity contribution is -0.384. The third-order valence-electron chi connectivity index (χ3n) is 4.77. The first-order valence-corrected chi connectivity index (χ1v) is 11.1. The van der Waals surface area contributed by atoms with Gasteiger partial charge in [-0.05, 0) is 35.3 Å². The van der Waals surface area contributed by atoms with Crippen molar-refractivity contribution in [3.63, 3.8) is 0 Å². The van der Waals surface area contributed by atoms with Gasteiger partial charge in [0.25, 0.3) is 11.6 Å². The van der Waals surface area contributed by atoms with Gasteiger partial charge in [0.05, 0.1) is 4.92 Å². The molecule has 0 atom stereocenters. The number of carbonyl (C=O) groups excluding carboxylic acids is 1. The summed E-state index contributed by atoms with van der Waals surface area (Å²) in [5.74, 6) is 1.49. The maximum Gasteiger partial charge on any atom is 0.270 e. The van der Waals surface area contributed by atoms with E-state index in [1.54, 1.807) is 30.0 Å². The van der Waals surface area contributed by atoms with Gasteiger partial charge in [-0.2, -0.15) is 11.8 Å². The predicted octanol–water partition coefficient (Wildman–Crippen LogP) is 5.49. The smallest absolute Gasteiger partial charge is 0.270 e. The normalized spacial score (nSPS) is 11.2. The number of nitro groups is 1. The van der Waals surface area contributed by atoms with Crippen LogP contribution in [0.25, 0.3) is 11.6 Å². The van der Waals surface area contributed by atoms with Crippen molar-refractivity contribution in [3.8, 4) is 0 Å². The zero-order valence-electron chi connectivity index (χ0n) is 17.3. The molecule has 0 radical (unpaired) electrons. The largest absolute Gasteiger partial charge is 0.351 e. The minimum atomic E-state index is -0.439. The summed E-state index contributed by atoms with van der Waals surface area (Å²) in [6.45, 7) is 2.64. The molecule has 0 aromatic heterocycles. The number of aryl methyl sites for hydroxylation is 1. The van der Waals surface area contributed by atoms with Crippen LogP contribution in [-0.2, 0) is 10.5 Å². The Bertz CT molecular complexity index is 1080. The summed E-state index contributed by atoms with van der Waals surface area (Å²) in [6, 6.07) is 23.9. The summed E-state index contributed by atoms with van der Waals surface area (Å²) >= 11 is 1.77. The lowest BCUT2D eigenvalue weighted by atomic mass is 10.0. The van der Waals surface area contributed by atoms with Crippen LogP contribution in [0.1, 0.15) is 22.3 Å². The van der Waals surface area contributed by atoms with E-state index in [0.29, 0.717) is 17.7 Å². The molecule has 0 bridgehead atoms. The van der Waals surface area contributed by atoms with Gasteiger partial charge in [0.1, 0.15) is 0 Å². The zero-order valence-corrected chi connectivity index (χ0v) is 18.1. The molecule has 3 aromatic carbocycles. The Morgan fingerprint density at radius 1 is 1.03 bits per heavy atom. The molecule has 3 aromatic rings. The van der Waals surface area contributed by atoms with Crippen LogP contribution in [0.3, 0.4) is 0 Å². The van der Waals surface area contributed by atoms with Gasteiger partial charge in [-0.25, -0.2) is 0 Å². The Hall–Kier alpha value is -3.38. The number of nitrogens with zero attached hydrogens (tertiary/aromatic N) is 1. The Kier molecular flexibility index (Phi) is 8.01. The lowest BCUT2D eigenvalue weighted by Gasteiger charge is -2.10. The van der Waals surface area contributed by atoms with Gasteiger partial charge in [-0.1, -0.05) is 66.7 Å². The van der Waals surface area contributed by atoms with Crippen molar-refractivity contribution in [1.29, 1.82) is 0 Å². The van der Waals surface area contributed by atoms with Gasteiger partial charge >= 0.3 is 0 Å². The molecule has 0 spiro atoms. The van der Waals surface area contributed by atoms with Crippen molar-refractivity contribution in [2.75, 3.05) is 12.3 Å². The standard InChI is InChI=1S/C25H24N2O3S/c1-19-8-5-6-12-22(19)18-31-15-14-26-25(28)24(21-10-3-2-4-11-21)17-20-9-7-13-23(16-20)27(29)30/h2-13,16-17H,14-15,18H2,1H3,(H,26,28)/b24-17+. The fourth-order valence-electron chi connectivity index (χ4n) is 3.08. The molecular formula is C25H24N2O3S. The van der Waals surface area contributed by atoms with Gasteiger partial charge in [0.2, 0.25) is 0 Å². The van der Waals surface area contributed by atoms with Crippen molar-refractivity contribution in [2.24, 2.45) is 0 Å². The molecule has 0 saturated heterocycles. The molecule has 3 rings (SSSR count). The Balaban J connectivity index is 1.67. The molecule has 0 saturated carbocycles. The van der Waals surface area contributed by atoms with Crippen molar-refractivity contribution in [2.45, 2.75) is 12.7 Å². The molecule has 158 valence electrons. The molecule has 1 amide bonds. The molecule has 1 N–H and O–H groups in total. The maximum absolute atomic E-state index is 12.9. The summed E-state index contributed by atoms with van der Waals surface area (Å²) in [6.07, 6.45) is 1.69. The van der Waals surface area contributed by atoms with E-state index >= 15 is 0 Å². The van der Waals surface area contributed by atoms with Crippen LogP contribution in [0.4, 0.5) is 5.69 Å². The first-order valence-electron chi connectivity index (χ1n) is 9.96. The number of benzene rings is 3. The van der Waals surface area contributed by atoms with Crippen LogP contribution < -0.4 is 5.32 Å². The molecule has 0 aliphatic rings. The molecule has 5 nitrogen and oxygen atoms in total. The predicted molar refractivity (Wildman–Crippen MR) is 128 cm³/mol. The molecular weight excluding hydrogens is 408 g/mol. The average molecular weight is 433 g/mol. The van der Waals surface area contributed by atoms with E-state index in [1.165, 1.54) is 23.3 Å². The second kappa shape index (κ2) is 11.1. The monoisotopic (exact) mass is 432 g/mol. The number of nitro benzene ring substituents is 1. The van der Waals surface area contributed by atoms with E-state index in [2.05, 4.69) is 24.4 Å². The van der Waals surface area contributed by atoms with E-state index in [0.717, 1.165) is 17.1 Å². The second-order valence-electron chi connectivity index (χ2n) is 7.01. The third kappa shape index (κ3) is 6.55.